The molecule has 0 aliphatic heterocycles. The Balaban J connectivity index is 2.36. The second kappa shape index (κ2) is 18.2. The first kappa shape index (κ1) is 34.8. The van der Waals surface area contributed by atoms with E-state index in [1.807, 2.05) is 0 Å². The van der Waals surface area contributed by atoms with Gasteiger partial charge in [0.15, 0.2) is 0 Å². The SMILES string of the molecule is C=CC(=O)OCCNC(=O)CCCC[Si](C)(C)c1ccc([Si](C)(C)CCCNC(=O)NCCOC(=O)C=C)cc1. The first-order valence-corrected chi connectivity index (χ1v) is 20.3. The molecule has 0 heterocycles. The maximum Gasteiger partial charge on any atom is 0.330 e. The largest absolute Gasteiger partial charge is 0.461 e. The van der Waals surface area contributed by atoms with Gasteiger partial charge in [-0.15, -0.1) is 0 Å². The smallest absolute Gasteiger partial charge is 0.330 e. The van der Waals surface area contributed by atoms with Crippen LogP contribution in [-0.2, 0) is 23.9 Å². The number of hydrogen-bond acceptors (Lipinski definition) is 6. The molecule has 11 heteroatoms. The van der Waals surface area contributed by atoms with Crippen LogP contribution in [-0.4, -0.2) is 72.9 Å². The van der Waals surface area contributed by atoms with E-state index < -0.39 is 28.1 Å². The Morgan fingerprint density at radius 1 is 0.700 bits per heavy atom. The maximum absolute atomic E-state index is 12.0. The zero-order valence-electron chi connectivity index (χ0n) is 24.6. The third kappa shape index (κ3) is 14.3. The normalized spacial score (nSPS) is 11.2. The first-order valence-electron chi connectivity index (χ1n) is 13.9. The molecule has 1 aromatic rings. The number of urea groups is 1. The summed E-state index contributed by atoms with van der Waals surface area (Å²) in [5, 5.41) is 11.1. The van der Waals surface area contributed by atoms with E-state index in [-0.39, 0.29) is 31.7 Å². The fourth-order valence-electron chi connectivity index (χ4n) is 4.17. The van der Waals surface area contributed by atoms with E-state index in [9.17, 15) is 19.2 Å². The van der Waals surface area contributed by atoms with E-state index in [1.54, 1.807) is 0 Å². The number of benzene rings is 1. The van der Waals surface area contributed by atoms with Crippen molar-refractivity contribution >= 4 is 50.4 Å². The number of unbranched alkanes of at least 4 members (excludes halogenated alkanes) is 1. The van der Waals surface area contributed by atoms with Gasteiger partial charge in [0.1, 0.15) is 13.2 Å². The Morgan fingerprint density at radius 3 is 1.65 bits per heavy atom. The molecule has 0 spiro atoms. The topological polar surface area (TPSA) is 123 Å². The molecule has 9 nitrogen and oxygen atoms in total. The summed E-state index contributed by atoms with van der Waals surface area (Å²) in [6.07, 6.45) is 5.40. The van der Waals surface area contributed by atoms with Crippen molar-refractivity contribution in [3.63, 3.8) is 0 Å². The molecule has 0 unspecified atom stereocenters. The van der Waals surface area contributed by atoms with Gasteiger partial charge >= 0.3 is 18.0 Å². The lowest BCUT2D eigenvalue weighted by atomic mass is 10.2. The molecule has 3 amide bonds. The van der Waals surface area contributed by atoms with E-state index in [2.05, 4.69) is 79.6 Å². The van der Waals surface area contributed by atoms with Gasteiger partial charge in [0.25, 0.3) is 0 Å². The number of esters is 2. The van der Waals surface area contributed by atoms with Crippen LogP contribution in [0.15, 0.2) is 49.6 Å². The fraction of sp³-hybridized carbons (Fsp3) is 0.517. The summed E-state index contributed by atoms with van der Waals surface area (Å²) >= 11 is 0. The number of hydrogen-bond donors (Lipinski definition) is 3. The maximum atomic E-state index is 12.0. The summed E-state index contributed by atoms with van der Waals surface area (Å²) in [6, 6.07) is 11.1. The molecular formula is C29H47N3O6Si2. The van der Waals surface area contributed by atoms with E-state index in [0.29, 0.717) is 19.5 Å². The van der Waals surface area contributed by atoms with Crippen molar-refractivity contribution in [2.24, 2.45) is 0 Å². The summed E-state index contributed by atoms with van der Waals surface area (Å²) in [6.45, 7) is 17.5. The van der Waals surface area contributed by atoms with Crippen LogP contribution in [0, 0.1) is 0 Å². The first-order chi connectivity index (χ1) is 18.9. The lowest BCUT2D eigenvalue weighted by molar-refractivity contribution is -0.138. The predicted octanol–water partition coefficient (Wildman–Crippen LogP) is 2.95. The minimum absolute atomic E-state index is 0.0203. The molecule has 1 rings (SSSR count). The Morgan fingerprint density at radius 2 is 1.15 bits per heavy atom. The van der Waals surface area contributed by atoms with Crippen molar-refractivity contribution < 1.29 is 28.7 Å². The average molecular weight is 590 g/mol. The minimum Gasteiger partial charge on any atom is -0.461 e. The molecule has 0 aromatic heterocycles. The molecule has 3 N–H and O–H groups in total. The lowest BCUT2D eigenvalue weighted by Gasteiger charge is -2.26. The third-order valence-electron chi connectivity index (χ3n) is 6.80. The van der Waals surface area contributed by atoms with Gasteiger partial charge in [-0.25, -0.2) is 14.4 Å². The van der Waals surface area contributed by atoms with Crippen LogP contribution < -0.4 is 26.3 Å². The van der Waals surface area contributed by atoms with Crippen molar-refractivity contribution in [1.82, 2.24) is 16.0 Å². The molecule has 222 valence electrons. The number of nitrogens with one attached hydrogen (secondary N) is 3. The zero-order chi connectivity index (χ0) is 30.0. The van der Waals surface area contributed by atoms with Crippen molar-refractivity contribution in [3.05, 3.63) is 49.6 Å². The number of carbonyl (C=O) groups excluding carboxylic acids is 4. The van der Waals surface area contributed by atoms with Crippen LogP contribution in [0.5, 0.6) is 0 Å². The highest BCUT2D eigenvalue weighted by molar-refractivity contribution is 6.91. The van der Waals surface area contributed by atoms with Crippen LogP contribution in [0.1, 0.15) is 25.7 Å². The van der Waals surface area contributed by atoms with Crippen LogP contribution in [0.3, 0.4) is 0 Å². The number of ether oxygens (including phenoxy) is 2. The highest BCUT2D eigenvalue weighted by atomic mass is 28.3. The Kier molecular flexibility index (Phi) is 15.9. The van der Waals surface area contributed by atoms with Crippen LogP contribution >= 0.6 is 0 Å². The van der Waals surface area contributed by atoms with E-state index >= 15 is 0 Å². The van der Waals surface area contributed by atoms with Gasteiger partial charge in [0, 0.05) is 25.1 Å². The molecular weight excluding hydrogens is 543 g/mol. The van der Waals surface area contributed by atoms with Crippen molar-refractivity contribution in [1.29, 1.82) is 0 Å². The van der Waals surface area contributed by atoms with Crippen LogP contribution in [0.25, 0.3) is 0 Å². The standard InChI is InChI=1S/C29H47N3O6Si2/c1-7-27(34)37-20-18-30-26(33)12-9-10-22-39(3,4)24-13-15-25(16-14-24)40(5,6)23-11-17-31-29(36)32-19-21-38-28(35)8-2/h7-8,13-16H,1-2,9-12,17-23H2,3-6H3,(H,30,33)(H2,31,32,36). The van der Waals surface area contributed by atoms with Gasteiger partial charge < -0.3 is 25.4 Å². The van der Waals surface area contributed by atoms with Gasteiger partial charge in [-0.2, -0.15) is 0 Å². The second-order valence-electron chi connectivity index (χ2n) is 10.9. The average Bonchev–Trinajstić information content (AvgIpc) is 2.93. The zero-order valence-corrected chi connectivity index (χ0v) is 26.6. The van der Waals surface area contributed by atoms with Gasteiger partial charge in [-0.1, -0.05) is 92.5 Å². The second-order valence-corrected chi connectivity index (χ2v) is 20.6. The molecule has 0 saturated carbocycles. The molecule has 0 bridgehead atoms. The van der Waals surface area contributed by atoms with Crippen LogP contribution in [0.2, 0.25) is 38.3 Å². The summed E-state index contributed by atoms with van der Waals surface area (Å²) < 4.78 is 9.68. The number of amides is 3. The van der Waals surface area contributed by atoms with Gasteiger partial charge in [0.05, 0.1) is 29.2 Å². The van der Waals surface area contributed by atoms with Crippen LogP contribution in [0.4, 0.5) is 4.79 Å². The van der Waals surface area contributed by atoms with Crippen molar-refractivity contribution in [2.75, 3.05) is 32.8 Å². The Bertz CT molecular complexity index is 917. The fourth-order valence-corrected chi connectivity index (χ4v) is 9.08. The Hall–Kier alpha value is -3.19. The molecule has 1 aromatic carbocycles. The van der Waals surface area contributed by atoms with Gasteiger partial charge in [0.2, 0.25) is 5.91 Å². The van der Waals surface area contributed by atoms with Gasteiger partial charge in [-0.05, 0) is 12.8 Å². The highest BCUT2D eigenvalue weighted by Crippen LogP contribution is 2.16. The Labute approximate surface area is 241 Å². The van der Waals surface area contributed by atoms with Crippen molar-refractivity contribution in [3.8, 4) is 0 Å². The molecule has 0 radical (unpaired) electrons. The molecule has 0 atom stereocenters. The summed E-state index contributed by atoms with van der Waals surface area (Å²) in [7, 11) is -3.27. The lowest BCUT2D eigenvalue weighted by Crippen LogP contribution is -2.45. The quantitative estimate of drug-likeness (QED) is 0.0987. The number of rotatable bonds is 19. The predicted molar refractivity (Wildman–Crippen MR) is 165 cm³/mol. The number of carbonyl (C=O) groups is 4. The van der Waals surface area contributed by atoms with E-state index in [0.717, 1.165) is 43.5 Å². The molecule has 0 fully saturated rings. The summed E-state index contributed by atoms with van der Waals surface area (Å²) in [4.78, 5) is 45.9. The van der Waals surface area contributed by atoms with E-state index in [4.69, 9.17) is 9.47 Å². The highest BCUT2D eigenvalue weighted by Gasteiger charge is 2.26. The monoisotopic (exact) mass is 589 g/mol. The van der Waals surface area contributed by atoms with Gasteiger partial charge in [-0.3, -0.25) is 4.79 Å². The molecule has 0 aliphatic carbocycles. The summed E-state index contributed by atoms with van der Waals surface area (Å²) in [5.41, 5.74) is 0. The molecule has 0 saturated heterocycles. The third-order valence-corrected chi connectivity index (χ3v) is 13.8. The molecule has 0 aliphatic rings. The van der Waals surface area contributed by atoms with Crippen molar-refractivity contribution in [2.45, 2.75) is 64.0 Å². The summed E-state index contributed by atoms with van der Waals surface area (Å²) in [5.74, 6) is -1.01. The minimum atomic E-state index is -1.65. The molecule has 40 heavy (non-hydrogen) atoms. The van der Waals surface area contributed by atoms with E-state index in [1.165, 1.54) is 10.4 Å².